The third-order valence-corrected chi connectivity index (χ3v) is 6.43. The van der Waals surface area contributed by atoms with Gasteiger partial charge in [-0.25, -0.2) is 9.78 Å². The van der Waals surface area contributed by atoms with Gasteiger partial charge in [0.05, 0.1) is 6.61 Å². The first-order valence-electron chi connectivity index (χ1n) is 12.3. The molecule has 2 aliphatic rings. The molecule has 0 radical (unpaired) electrons. The maximum Gasteiger partial charge on any atom is 0.328 e. The molecule has 37 heavy (non-hydrogen) atoms. The molecule has 0 aliphatic carbocycles. The van der Waals surface area contributed by atoms with Gasteiger partial charge in [-0.05, 0) is 66.4 Å². The summed E-state index contributed by atoms with van der Waals surface area (Å²) < 4.78 is 10.3. The lowest BCUT2D eigenvalue weighted by Gasteiger charge is -2.21. The number of esters is 1. The maximum atomic E-state index is 13.1. The zero-order valence-corrected chi connectivity index (χ0v) is 20.2. The normalized spacial score (nSPS) is 17.6. The molecule has 0 bridgehead atoms. The highest BCUT2D eigenvalue weighted by molar-refractivity contribution is 5.99. The second-order valence-corrected chi connectivity index (χ2v) is 9.08. The molecule has 5 rings (SSSR count). The number of cyclic esters (lactones) is 1. The molecule has 2 amide bonds. The topological polar surface area (TPSA) is 119 Å². The van der Waals surface area contributed by atoms with Crippen LogP contribution in [0.3, 0.4) is 0 Å². The standard InChI is InChI=1S/C28H28N4O5/c33-26(18-7-11-36-12-8-18)32-25-17-19(6-10-29-25)20-14-21(27(34)31-24-9-13-37-28(24)35)16-23(15-20)30-22-4-2-1-3-5-22/h1-6,10,14-18,24,30H,7-9,11-13H2,(H,31,34)(H,29,32,33). The largest absolute Gasteiger partial charge is 0.464 e. The number of hydrogen-bond acceptors (Lipinski definition) is 7. The van der Waals surface area contributed by atoms with Crippen LogP contribution in [0.2, 0.25) is 0 Å². The number of hydrogen-bond donors (Lipinski definition) is 3. The van der Waals surface area contributed by atoms with E-state index in [0.29, 0.717) is 56.2 Å². The molecule has 3 N–H and O–H groups in total. The number of rotatable bonds is 7. The van der Waals surface area contributed by atoms with Crippen molar-refractivity contribution in [2.24, 2.45) is 5.92 Å². The van der Waals surface area contributed by atoms with Crippen molar-refractivity contribution in [3.8, 4) is 11.1 Å². The Bertz CT molecular complexity index is 1290. The van der Waals surface area contributed by atoms with Crippen LogP contribution in [0.15, 0.2) is 66.9 Å². The molecular weight excluding hydrogens is 472 g/mol. The average molecular weight is 501 g/mol. The summed E-state index contributed by atoms with van der Waals surface area (Å²) in [5, 5.41) is 9.02. The first kappa shape index (κ1) is 24.5. The van der Waals surface area contributed by atoms with Crippen LogP contribution in [-0.2, 0) is 19.1 Å². The van der Waals surface area contributed by atoms with Crippen molar-refractivity contribution < 1.29 is 23.9 Å². The Morgan fingerprint density at radius 2 is 1.68 bits per heavy atom. The molecule has 1 unspecified atom stereocenters. The van der Waals surface area contributed by atoms with Crippen LogP contribution in [-0.4, -0.2) is 48.6 Å². The lowest BCUT2D eigenvalue weighted by Crippen LogP contribution is -2.37. The third kappa shape index (κ3) is 6.13. The van der Waals surface area contributed by atoms with Crippen LogP contribution in [0.25, 0.3) is 11.1 Å². The summed E-state index contributed by atoms with van der Waals surface area (Å²) >= 11 is 0. The number of nitrogens with zero attached hydrogens (tertiary/aromatic N) is 1. The SMILES string of the molecule is O=C(NC1CCOC1=O)c1cc(Nc2ccccc2)cc(-c2ccnc(NC(=O)C3CCOCC3)c2)c1. The van der Waals surface area contributed by atoms with Gasteiger partial charge in [-0.1, -0.05) is 18.2 Å². The molecule has 2 aromatic carbocycles. The van der Waals surface area contributed by atoms with E-state index in [0.717, 1.165) is 16.8 Å². The van der Waals surface area contributed by atoms with Crippen LogP contribution < -0.4 is 16.0 Å². The second-order valence-electron chi connectivity index (χ2n) is 9.08. The van der Waals surface area contributed by atoms with Crippen LogP contribution >= 0.6 is 0 Å². The van der Waals surface area contributed by atoms with E-state index in [-0.39, 0.29) is 17.7 Å². The van der Waals surface area contributed by atoms with E-state index in [1.807, 2.05) is 42.5 Å². The monoisotopic (exact) mass is 500 g/mol. The molecule has 9 nitrogen and oxygen atoms in total. The van der Waals surface area contributed by atoms with Gasteiger partial charge in [0.25, 0.3) is 5.91 Å². The van der Waals surface area contributed by atoms with Crippen molar-refractivity contribution in [1.82, 2.24) is 10.3 Å². The summed E-state index contributed by atoms with van der Waals surface area (Å²) in [5.74, 6) is -0.531. The number of pyridine rings is 1. The lowest BCUT2D eigenvalue weighted by atomic mass is 9.99. The Morgan fingerprint density at radius 3 is 2.43 bits per heavy atom. The minimum absolute atomic E-state index is 0.0732. The number of anilines is 3. The number of para-hydroxylation sites is 1. The number of ether oxygens (including phenoxy) is 2. The van der Waals surface area contributed by atoms with Gasteiger partial charge in [-0.15, -0.1) is 0 Å². The second kappa shape index (κ2) is 11.2. The van der Waals surface area contributed by atoms with Gasteiger partial charge in [0.1, 0.15) is 11.9 Å². The Kier molecular flexibility index (Phi) is 7.41. The number of carbonyl (C=O) groups excluding carboxylic acids is 3. The van der Waals surface area contributed by atoms with E-state index in [1.165, 1.54) is 0 Å². The van der Waals surface area contributed by atoms with Crippen molar-refractivity contribution >= 4 is 35.0 Å². The lowest BCUT2D eigenvalue weighted by molar-refractivity contribution is -0.139. The molecule has 1 atom stereocenters. The van der Waals surface area contributed by atoms with E-state index < -0.39 is 12.0 Å². The molecule has 1 aromatic heterocycles. The fourth-order valence-corrected chi connectivity index (χ4v) is 4.42. The van der Waals surface area contributed by atoms with Gasteiger partial charge in [0, 0.05) is 48.7 Å². The molecule has 0 spiro atoms. The Balaban J connectivity index is 1.42. The molecule has 9 heteroatoms. The number of amides is 2. The number of nitrogens with one attached hydrogen (secondary N) is 3. The third-order valence-electron chi connectivity index (χ3n) is 6.43. The van der Waals surface area contributed by atoms with Gasteiger partial charge in [0.2, 0.25) is 5.91 Å². The number of benzene rings is 2. The predicted molar refractivity (Wildman–Crippen MR) is 138 cm³/mol. The van der Waals surface area contributed by atoms with E-state index in [4.69, 9.17) is 9.47 Å². The first-order chi connectivity index (χ1) is 18.0. The molecule has 2 fully saturated rings. The van der Waals surface area contributed by atoms with Crippen molar-refractivity contribution in [3.63, 3.8) is 0 Å². The molecule has 2 aliphatic heterocycles. The van der Waals surface area contributed by atoms with Gasteiger partial charge >= 0.3 is 5.97 Å². The summed E-state index contributed by atoms with van der Waals surface area (Å²) in [6.07, 6.45) is 3.44. The van der Waals surface area contributed by atoms with E-state index in [2.05, 4.69) is 20.9 Å². The predicted octanol–water partition coefficient (Wildman–Crippen LogP) is 3.90. The van der Waals surface area contributed by atoms with Crippen LogP contribution in [0.1, 0.15) is 29.6 Å². The van der Waals surface area contributed by atoms with Crippen molar-refractivity contribution in [1.29, 1.82) is 0 Å². The van der Waals surface area contributed by atoms with Crippen molar-refractivity contribution in [2.45, 2.75) is 25.3 Å². The Morgan fingerprint density at radius 1 is 0.865 bits per heavy atom. The van der Waals surface area contributed by atoms with E-state index >= 15 is 0 Å². The molecule has 3 aromatic rings. The summed E-state index contributed by atoms with van der Waals surface area (Å²) in [7, 11) is 0. The quantitative estimate of drug-likeness (QED) is 0.421. The van der Waals surface area contributed by atoms with E-state index in [9.17, 15) is 14.4 Å². The Hall–Kier alpha value is -4.24. The van der Waals surface area contributed by atoms with Gasteiger partial charge in [-0.3, -0.25) is 9.59 Å². The van der Waals surface area contributed by atoms with Crippen molar-refractivity contribution in [3.05, 3.63) is 72.4 Å². The summed E-state index contributed by atoms with van der Waals surface area (Å²) in [6.45, 7) is 1.45. The summed E-state index contributed by atoms with van der Waals surface area (Å²) in [5.41, 5.74) is 3.49. The minimum atomic E-state index is -0.658. The minimum Gasteiger partial charge on any atom is -0.464 e. The number of aromatic nitrogens is 1. The summed E-state index contributed by atoms with van der Waals surface area (Å²) in [6, 6.07) is 18.0. The maximum absolute atomic E-state index is 13.1. The fraction of sp³-hybridized carbons (Fsp3) is 0.286. The number of carbonyl (C=O) groups is 3. The van der Waals surface area contributed by atoms with Gasteiger partial charge in [-0.2, -0.15) is 0 Å². The smallest absolute Gasteiger partial charge is 0.328 e. The average Bonchev–Trinajstić information content (AvgIpc) is 3.33. The van der Waals surface area contributed by atoms with Crippen LogP contribution in [0.4, 0.5) is 17.2 Å². The Labute approximate surface area is 214 Å². The van der Waals surface area contributed by atoms with Crippen molar-refractivity contribution in [2.75, 3.05) is 30.5 Å². The highest BCUT2D eigenvalue weighted by atomic mass is 16.5. The van der Waals surface area contributed by atoms with Crippen LogP contribution in [0, 0.1) is 5.92 Å². The zero-order valence-electron chi connectivity index (χ0n) is 20.2. The zero-order chi connectivity index (χ0) is 25.6. The van der Waals surface area contributed by atoms with Crippen LogP contribution in [0.5, 0.6) is 0 Å². The highest BCUT2D eigenvalue weighted by Crippen LogP contribution is 2.29. The van der Waals surface area contributed by atoms with E-state index in [1.54, 1.807) is 24.4 Å². The van der Waals surface area contributed by atoms with Gasteiger partial charge in [0.15, 0.2) is 0 Å². The highest BCUT2D eigenvalue weighted by Gasteiger charge is 2.28. The molecular formula is C28H28N4O5. The first-order valence-corrected chi connectivity index (χ1v) is 12.3. The molecule has 190 valence electrons. The summed E-state index contributed by atoms with van der Waals surface area (Å²) in [4.78, 5) is 42.0. The molecule has 3 heterocycles. The molecule has 0 saturated carbocycles. The molecule has 2 saturated heterocycles. The fourth-order valence-electron chi connectivity index (χ4n) is 4.42. The van der Waals surface area contributed by atoms with Gasteiger partial charge < -0.3 is 25.4 Å².